The van der Waals surface area contributed by atoms with E-state index < -0.39 is 0 Å². The Labute approximate surface area is 151 Å². The van der Waals surface area contributed by atoms with Crippen LogP contribution in [0.1, 0.15) is 17.1 Å². The van der Waals surface area contributed by atoms with Gasteiger partial charge in [-0.25, -0.2) is 0 Å². The minimum Gasteiger partial charge on any atom is -0.493 e. The van der Waals surface area contributed by atoms with E-state index in [0.29, 0.717) is 42.2 Å². The Morgan fingerprint density at radius 3 is 2.35 bits per heavy atom. The van der Waals surface area contributed by atoms with Crippen LogP contribution in [0.2, 0.25) is 0 Å². The summed E-state index contributed by atoms with van der Waals surface area (Å²) in [5.74, 6) is 2.21. The van der Waals surface area contributed by atoms with Crippen molar-refractivity contribution in [1.29, 1.82) is 5.26 Å². The molecule has 2 aromatic rings. The van der Waals surface area contributed by atoms with Gasteiger partial charge in [0.2, 0.25) is 23.2 Å². The maximum absolute atomic E-state index is 9.15. The zero-order chi connectivity index (χ0) is 18.9. The number of methoxy groups -OCH3 is 4. The highest BCUT2D eigenvalue weighted by molar-refractivity contribution is 5.71. The van der Waals surface area contributed by atoms with Gasteiger partial charge in [0.1, 0.15) is 6.07 Å². The van der Waals surface area contributed by atoms with Crippen LogP contribution in [0.15, 0.2) is 16.5 Å². The van der Waals surface area contributed by atoms with Crippen molar-refractivity contribution >= 4 is 18.0 Å². The lowest BCUT2D eigenvalue weighted by atomic mass is 10.1. The van der Waals surface area contributed by atoms with E-state index in [1.165, 1.54) is 0 Å². The Bertz CT molecular complexity index is 783. The molecule has 8 nitrogen and oxygen atoms in total. The third-order valence-corrected chi connectivity index (χ3v) is 3.45. The molecule has 0 unspecified atom stereocenters. The molecule has 0 saturated heterocycles. The van der Waals surface area contributed by atoms with E-state index >= 15 is 0 Å². The van der Waals surface area contributed by atoms with Crippen molar-refractivity contribution in [2.75, 3.05) is 46.9 Å². The third-order valence-electron chi connectivity index (χ3n) is 3.45. The molecular formula is C18H21N3O5. The zero-order valence-electron chi connectivity index (χ0n) is 15.2. The van der Waals surface area contributed by atoms with E-state index in [1.54, 1.807) is 52.7 Å². The van der Waals surface area contributed by atoms with Gasteiger partial charge in [-0.1, -0.05) is 0 Å². The fourth-order valence-corrected chi connectivity index (χ4v) is 2.24. The number of hydrogen-bond acceptors (Lipinski definition) is 8. The minimum absolute atomic E-state index is 0.186. The molecule has 0 radical (unpaired) electrons. The molecule has 1 aromatic carbocycles. The van der Waals surface area contributed by atoms with Crippen LogP contribution in [-0.2, 0) is 4.74 Å². The quantitative estimate of drug-likeness (QED) is 0.683. The average molecular weight is 359 g/mol. The molecule has 0 atom stereocenters. The molecule has 0 spiro atoms. The SMILES string of the molecule is COCCNc1oc(C=Cc2cc(OC)c(OC)c(OC)c2)nc1C#N. The van der Waals surface area contributed by atoms with Crippen molar-refractivity contribution in [2.45, 2.75) is 0 Å². The second-order valence-electron chi connectivity index (χ2n) is 5.05. The van der Waals surface area contributed by atoms with Gasteiger partial charge in [-0.2, -0.15) is 10.2 Å². The number of hydrogen-bond donors (Lipinski definition) is 1. The summed E-state index contributed by atoms with van der Waals surface area (Å²) in [6.45, 7) is 0.999. The second kappa shape index (κ2) is 9.34. The Morgan fingerprint density at radius 2 is 1.81 bits per heavy atom. The summed E-state index contributed by atoms with van der Waals surface area (Å²) in [5.41, 5.74) is 0.982. The predicted molar refractivity (Wildman–Crippen MR) is 96.6 cm³/mol. The summed E-state index contributed by atoms with van der Waals surface area (Å²) in [7, 11) is 6.25. The van der Waals surface area contributed by atoms with Gasteiger partial charge < -0.3 is 28.7 Å². The van der Waals surface area contributed by atoms with E-state index in [4.69, 9.17) is 28.6 Å². The molecule has 2 rings (SSSR count). The van der Waals surface area contributed by atoms with Crippen molar-refractivity contribution in [3.8, 4) is 23.3 Å². The summed E-state index contributed by atoms with van der Waals surface area (Å²) in [4.78, 5) is 4.14. The first-order valence-electron chi connectivity index (χ1n) is 7.78. The molecule has 0 aliphatic rings. The molecule has 1 N–H and O–H groups in total. The van der Waals surface area contributed by atoms with E-state index in [-0.39, 0.29) is 5.69 Å². The summed E-state index contributed by atoms with van der Waals surface area (Å²) in [6.07, 6.45) is 3.43. The molecule has 1 heterocycles. The molecule has 26 heavy (non-hydrogen) atoms. The first-order valence-corrected chi connectivity index (χ1v) is 7.78. The molecule has 0 fully saturated rings. The number of nitriles is 1. The topological polar surface area (TPSA) is 98.8 Å². The van der Waals surface area contributed by atoms with Crippen LogP contribution in [-0.4, -0.2) is 46.6 Å². The summed E-state index contributed by atoms with van der Waals surface area (Å²) < 4.78 is 26.5. The van der Waals surface area contributed by atoms with Crippen molar-refractivity contribution in [2.24, 2.45) is 0 Å². The number of aromatic nitrogens is 1. The Kier molecular flexibility index (Phi) is 6.88. The van der Waals surface area contributed by atoms with Gasteiger partial charge in [0.15, 0.2) is 11.5 Å². The van der Waals surface area contributed by atoms with Crippen LogP contribution in [0.3, 0.4) is 0 Å². The number of rotatable bonds is 9. The number of ether oxygens (including phenoxy) is 4. The molecule has 0 aliphatic heterocycles. The van der Waals surface area contributed by atoms with E-state index in [1.807, 2.05) is 6.07 Å². The van der Waals surface area contributed by atoms with Gasteiger partial charge in [0, 0.05) is 19.7 Å². The zero-order valence-corrected chi connectivity index (χ0v) is 15.2. The van der Waals surface area contributed by atoms with Crippen molar-refractivity contribution in [3.05, 3.63) is 29.3 Å². The highest BCUT2D eigenvalue weighted by Crippen LogP contribution is 2.38. The lowest BCUT2D eigenvalue weighted by Gasteiger charge is -2.12. The van der Waals surface area contributed by atoms with Crippen molar-refractivity contribution < 1.29 is 23.4 Å². The van der Waals surface area contributed by atoms with Crippen LogP contribution in [0, 0.1) is 11.3 Å². The predicted octanol–water partition coefficient (Wildman–Crippen LogP) is 2.80. The maximum Gasteiger partial charge on any atom is 0.232 e. The van der Waals surface area contributed by atoms with Gasteiger partial charge in [-0.3, -0.25) is 0 Å². The molecule has 0 saturated carbocycles. The van der Waals surface area contributed by atoms with Crippen LogP contribution in [0.4, 0.5) is 5.88 Å². The van der Waals surface area contributed by atoms with Crippen molar-refractivity contribution in [3.63, 3.8) is 0 Å². The smallest absolute Gasteiger partial charge is 0.232 e. The molecular weight excluding hydrogens is 338 g/mol. The fourth-order valence-electron chi connectivity index (χ4n) is 2.24. The Morgan fingerprint density at radius 1 is 1.12 bits per heavy atom. The maximum atomic E-state index is 9.15. The number of nitrogens with one attached hydrogen (secondary N) is 1. The number of anilines is 1. The lowest BCUT2D eigenvalue weighted by molar-refractivity contribution is 0.210. The van der Waals surface area contributed by atoms with Crippen LogP contribution in [0.25, 0.3) is 12.2 Å². The van der Waals surface area contributed by atoms with Gasteiger partial charge in [-0.05, 0) is 23.8 Å². The summed E-state index contributed by atoms with van der Waals surface area (Å²) in [6, 6.07) is 5.58. The monoisotopic (exact) mass is 359 g/mol. The lowest BCUT2D eigenvalue weighted by Crippen LogP contribution is -2.07. The largest absolute Gasteiger partial charge is 0.493 e. The fraction of sp³-hybridized carbons (Fsp3) is 0.333. The van der Waals surface area contributed by atoms with Gasteiger partial charge in [0.25, 0.3) is 0 Å². The van der Waals surface area contributed by atoms with E-state index in [0.717, 1.165) is 5.56 Å². The molecule has 0 amide bonds. The summed E-state index contributed by atoms with van der Waals surface area (Å²) in [5, 5.41) is 12.1. The van der Waals surface area contributed by atoms with Gasteiger partial charge in [0.05, 0.1) is 27.9 Å². The number of nitrogens with zero attached hydrogens (tertiary/aromatic N) is 2. The molecule has 8 heteroatoms. The number of benzene rings is 1. The Hall–Kier alpha value is -3.18. The van der Waals surface area contributed by atoms with Crippen LogP contribution >= 0.6 is 0 Å². The minimum atomic E-state index is 0.186. The van der Waals surface area contributed by atoms with Crippen molar-refractivity contribution in [1.82, 2.24) is 4.98 Å². The third kappa shape index (κ3) is 4.46. The highest BCUT2D eigenvalue weighted by Gasteiger charge is 2.13. The standard InChI is InChI=1S/C18H21N3O5/c1-22-8-7-20-18-13(11-19)21-16(26-18)6-5-12-9-14(23-2)17(25-4)15(10-12)24-3/h5-6,9-10,20H,7-8H2,1-4H3. The van der Waals surface area contributed by atoms with Gasteiger partial charge >= 0.3 is 0 Å². The summed E-state index contributed by atoms with van der Waals surface area (Å²) >= 11 is 0. The molecule has 138 valence electrons. The number of oxazole rings is 1. The van der Waals surface area contributed by atoms with Gasteiger partial charge in [-0.15, -0.1) is 0 Å². The van der Waals surface area contributed by atoms with Crippen LogP contribution in [0.5, 0.6) is 17.2 Å². The molecule has 0 bridgehead atoms. The first-order chi connectivity index (χ1) is 12.7. The second-order valence-corrected chi connectivity index (χ2v) is 5.05. The van der Waals surface area contributed by atoms with E-state index in [2.05, 4.69) is 10.3 Å². The van der Waals surface area contributed by atoms with Crippen LogP contribution < -0.4 is 19.5 Å². The Balaban J connectivity index is 2.25. The normalized spacial score (nSPS) is 10.6. The molecule has 0 aliphatic carbocycles. The average Bonchev–Trinajstić information content (AvgIpc) is 3.07. The first kappa shape index (κ1) is 19.1. The highest BCUT2D eigenvalue weighted by atomic mass is 16.5. The molecule has 1 aromatic heterocycles. The van der Waals surface area contributed by atoms with E-state index in [9.17, 15) is 0 Å².